The molecule has 20 heavy (non-hydrogen) atoms. The fourth-order valence-corrected chi connectivity index (χ4v) is 5.33. The molecule has 2 fully saturated rings. The minimum absolute atomic E-state index is 0.262. The van der Waals surface area contributed by atoms with E-state index in [1.54, 1.807) is 11.3 Å². The van der Waals surface area contributed by atoms with Gasteiger partial charge in [-0.25, -0.2) is 0 Å². The first kappa shape index (κ1) is 15.3. The number of ether oxygens (including phenoxy) is 1. The van der Waals surface area contributed by atoms with E-state index in [1.807, 2.05) is 0 Å². The van der Waals surface area contributed by atoms with Crippen LogP contribution in [0.3, 0.4) is 0 Å². The van der Waals surface area contributed by atoms with Gasteiger partial charge in [0.05, 0.1) is 18.8 Å². The molecule has 0 aromatic carbocycles. The van der Waals surface area contributed by atoms with E-state index in [2.05, 4.69) is 26.9 Å². The van der Waals surface area contributed by atoms with Crippen molar-refractivity contribution >= 4 is 38.9 Å². The van der Waals surface area contributed by atoms with E-state index in [9.17, 15) is 0 Å². The first-order chi connectivity index (χ1) is 9.70. The van der Waals surface area contributed by atoms with Crippen molar-refractivity contribution < 1.29 is 4.74 Å². The van der Waals surface area contributed by atoms with Crippen LogP contribution in [0.25, 0.3) is 0 Å². The molecule has 3 nitrogen and oxygen atoms in total. The third-order valence-electron chi connectivity index (χ3n) is 4.39. The second-order valence-corrected chi connectivity index (χ2v) is 8.06. The monoisotopic (exact) mass is 378 g/mol. The van der Waals surface area contributed by atoms with E-state index in [0.29, 0.717) is 18.7 Å². The number of rotatable bonds is 3. The lowest BCUT2D eigenvalue weighted by molar-refractivity contribution is -0.102. The Morgan fingerprint density at radius 2 is 2.30 bits per heavy atom. The zero-order valence-electron chi connectivity index (χ0n) is 11.4. The number of fused-ring (bicyclic) bond motifs is 1. The van der Waals surface area contributed by atoms with Crippen molar-refractivity contribution in [1.29, 1.82) is 0 Å². The predicted molar refractivity (Wildman–Crippen MR) is 87.5 cm³/mol. The van der Waals surface area contributed by atoms with Crippen LogP contribution in [0.2, 0.25) is 4.34 Å². The van der Waals surface area contributed by atoms with Gasteiger partial charge in [-0.15, -0.1) is 11.3 Å². The Labute approximate surface area is 137 Å². The molecular weight excluding hydrogens is 360 g/mol. The lowest BCUT2D eigenvalue weighted by Gasteiger charge is -2.46. The van der Waals surface area contributed by atoms with Gasteiger partial charge in [0, 0.05) is 28.5 Å². The molecule has 112 valence electrons. The van der Waals surface area contributed by atoms with Crippen molar-refractivity contribution in [3.8, 4) is 0 Å². The second-order valence-electron chi connectivity index (χ2n) is 5.52. The molecule has 1 aromatic heterocycles. The summed E-state index contributed by atoms with van der Waals surface area (Å²) in [6.07, 6.45) is 5.39. The predicted octanol–water partition coefficient (Wildman–Crippen LogP) is 3.81. The van der Waals surface area contributed by atoms with Crippen molar-refractivity contribution in [2.75, 3.05) is 19.7 Å². The van der Waals surface area contributed by atoms with Crippen LogP contribution in [0.5, 0.6) is 0 Å². The van der Waals surface area contributed by atoms with Gasteiger partial charge in [0.15, 0.2) is 0 Å². The van der Waals surface area contributed by atoms with Gasteiger partial charge < -0.3 is 10.5 Å². The first-order valence-electron chi connectivity index (χ1n) is 7.23. The number of nitrogens with zero attached hydrogens (tertiary/aromatic N) is 1. The van der Waals surface area contributed by atoms with E-state index < -0.39 is 0 Å². The molecule has 1 aliphatic heterocycles. The SMILES string of the molecule is NCC(c1cc(Br)c(Cl)s1)N1CCOC2CCCCC21. The highest BCUT2D eigenvalue weighted by atomic mass is 79.9. The second kappa shape index (κ2) is 6.63. The van der Waals surface area contributed by atoms with Crippen molar-refractivity contribution in [2.24, 2.45) is 5.73 Å². The van der Waals surface area contributed by atoms with Crippen molar-refractivity contribution in [3.05, 3.63) is 19.8 Å². The third kappa shape index (κ3) is 2.94. The Bertz CT molecular complexity index is 449. The van der Waals surface area contributed by atoms with Crippen molar-refractivity contribution in [3.63, 3.8) is 0 Å². The summed E-state index contributed by atoms with van der Waals surface area (Å²) >= 11 is 11.3. The van der Waals surface area contributed by atoms with Crippen LogP contribution in [0.4, 0.5) is 0 Å². The van der Waals surface area contributed by atoms with Gasteiger partial charge in [0.25, 0.3) is 0 Å². The summed E-state index contributed by atoms with van der Waals surface area (Å²) in [5.74, 6) is 0. The Balaban J connectivity index is 1.83. The number of halogens is 2. The van der Waals surface area contributed by atoms with Gasteiger partial charge in [-0.3, -0.25) is 4.90 Å². The van der Waals surface area contributed by atoms with E-state index >= 15 is 0 Å². The highest BCUT2D eigenvalue weighted by Crippen LogP contribution is 2.40. The fraction of sp³-hybridized carbons (Fsp3) is 0.714. The summed E-state index contributed by atoms with van der Waals surface area (Å²) in [7, 11) is 0. The molecule has 2 N–H and O–H groups in total. The Morgan fingerprint density at radius 3 is 3.00 bits per heavy atom. The van der Waals surface area contributed by atoms with Crippen LogP contribution in [0.1, 0.15) is 36.6 Å². The summed E-state index contributed by atoms with van der Waals surface area (Å²) < 4.78 is 7.75. The summed E-state index contributed by atoms with van der Waals surface area (Å²) in [5, 5.41) is 0. The molecule has 3 rings (SSSR count). The smallest absolute Gasteiger partial charge is 0.107 e. The van der Waals surface area contributed by atoms with E-state index in [1.165, 1.54) is 30.6 Å². The van der Waals surface area contributed by atoms with Crippen LogP contribution < -0.4 is 5.73 Å². The molecule has 6 heteroatoms. The van der Waals surface area contributed by atoms with Gasteiger partial charge in [0.1, 0.15) is 4.34 Å². The molecule has 1 saturated carbocycles. The molecule has 0 radical (unpaired) electrons. The molecular formula is C14H20BrClN2OS. The van der Waals surface area contributed by atoms with E-state index in [0.717, 1.165) is 22.0 Å². The summed E-state index contributed by atoms with van der Waals surface area (Å²) in [6.45, 7) is 2.42. The molecule has 2 heterocycles. The Hall–Kier alpha value is 0.350. The number of nitrogens with two attached hydrogens (primary N) is 1. The van der Waals surface area contributed by atoms with Crippen LogP contribution in [-0.2, 0) is 4.74 Å². The van der Waals surface area contributed by atoms with E-state index in [4.69, 9.17) is 22.1 Å². The van der Waals surface area contributed by atoms with Crippen molar-refractivity contribution in [2.45, 2.75) is 43.9 Å². The fourth-order valence-electron chi connectivity index (χ4n) is 3.46. The molecule has 1 aliphatic carbocycles. The van der Waals surface area contributed by atoms with Crippen molar-refractivity contribution in [1.82, 2.24) is 4.90 Å². The normalized spacial score (nSPS) is 29.1. The number of thiophene rings is 1. The molecule has 3 unspecified atom stereocenters. The Kier molecular flexibility index (Phi) is 5.06. The minimum Gasteiger partial charge on any atom is -0.375 e. The Morgan fingerprint density at radius 1 is 1.50 bits per heavy atom. The largest absolute Gasteiger partial charge is 0.375 e. The van der Waals surface area contributed by atoms with Gasteiger partial charge >= 0.3 is 0 Å². The lowest BCUT2D eigenvalue weighted by Crippen LogP contribution is -2.54. The maximum absolute atomic E-state index is 6.19. The molecule has 0 amide bonds. The zero-order valence-corrected chi connectivity index (χ0v) is 14.5. The maximum atomic E-state index is 6.19. The van der Waals surface area contributed by atoms with Gasteiger partial charge in [0.2, 0.25) is 0 Å². The highest BCUT2D eigenvalue weighted by Gasteiger charge is 2.38. The zero-order chi connectivity index (χ0) is 14.1. The average molecular weight is 380 g/mol. The third-order valence-corrected chi connectivity index (χ3v) is 6.97. The average Bonchev–Trinajstić information content (AvgIpc) is 2.79. The number of hydrogen-bond donors (Lipinski definition) is 1. The van der Waals surface area contributed by atoms with Gasteiger partial charge in [-0.1, -0.05) is 24.4 Å². The summed E-state index contributed by atoms with van der Waals surface area (Å²) in [6, 6.07) is 2.90. The molecule has 1 aromatic rings. The molecule has 0 bridgehead atoms. The van der Waals surface area contributed by atoms with Gasteiger partial charge in [-0.05, 0) is 34.8 Å². The van der Waals surface area contributed by atoms with Crippen LogP contribution >= 0.6 is 38.9 Å². The van der Waals surface area contributed by atoms with Crippen LogP contribution in [-0.4, -0.2) is 36.7 Å². The van der Waals surface area contributed by atoms with E-state index in [-0.39, 0.29) is 6.04 Å². The molecule has 3 atom stereocenters. The van der Waals surface area contributed by atoms with Crippen LogP contribution in [0.15, 0.2) is 10.5 Å². The highest BCUT2D eigenvalue weighted by molar-refractivity contribution is 9.10. The summed E-state index contributed by atoms with van der Waals surface area (Å²) in [5.41, 5.74) is 6.08. The standard InChI is InChI=1S/C14H20BrClN2OS/c15-9-7-13(20-14(9)16)11(8-17)18-5-6-19-12-4-2-1-3-10(12)18/h7,10-12H,1-6,8,17H2. The minimum atomic E-state index is 0.262. The number of morpholine rings is 1. The quantitative estimate of drug-likeness (QED) is 0.868. The molecule has 1 saturated heterocycles. The first-order valence-corrected chi connectivity index (χ1v) is 9.21. The van der Waals surface area contributed by atoms with Crippen LogP contribution in [0, 0.1) is 0 Å². The molecule has 0 spiro atoms. The molecule has 2 aliphatic rings. The topological polar surface area (TPSA) is 38.5 Å². The summed E-state index contributed by atoms with van der Waals surface area (Å²) in [4.78, 5) is 3.82. The number of hydrogen-bond acceptors (Lipinski definition) is 4. The maximum Gasteiger partial charge on any atom is 0.107 e. The van der Waals surface area contributed by atoms with Gasteiger partial charge in [-0.2, -0.15) is 0 Å². The lowest BCUT2D eigenvalue weighted by atomic mass is 9.89.